The number of hydrogen-bond acceptors (Lipinski definition) is 4. The molecule has 176 valence electrons. The lowest BCUT2D eigenvalue weighted by Crippen LogP contribution is -2.47. The summed E-state index contributed by atoms with van der Waals surface area (Å²) in [6, 6.07) is 11.6. The average Bonchev–Trinajstić information content (AvgIpc) is 3.33. The van der Waals surface area contributed by atoms with Crippen LogP contribution in [-0.4, -0.2) is 52.4 Å². The van der Waals surface area contributed by atoms with Gasteiger partial charge in [0.2, 0.25) is 0 Å². The number of ether oxygens (including phenoxy) is 1. The molecule has 33 heavy (non-hydrogen) atoms. The second-order valence-corrected chi connectivity index (χ2v) is 10.4. The van der Waals surface area contributed by atoms with Gasteiger partial charge in [0.15, 0.2) is 0 Å². The molecule has 5 rings (SSSR count). The van der Waals surface area contributed by atoms with E-state index in [9.17, 15) is 9.50 Å². The summed E-state index contributed by atoms with van der Waals surface area (Å²) in [6.45, 7) is 8.45. The molecule has 1 N–H and O–H groups in total. The molecule has 1 aromatic heterocycles. The first-order valence-electron chi connectivity index (χ1n) is 12.0. The highest BCUT2D eigenvalue weighted by atomic mass is 19.1. The smallest absolute Gasteiger partial charge is 0.141 e. The zero-order valence-electron chi connectivity index (χ0n) is 20.0. The van der Waals surface area contributed by atoms with Crippen LogP contribution in [0.2, 0.25) is 0 Å². The summed E-state index contributed by atoms with van der Waals surface area (Å²) in [5, 5.41) is 10.9. The third-order valence-electron chi connectivity index (χ3n) is 7.34. The van der Waals surface area contributed by atoms with Crippen molar-refractivity contribution in [3.8, 4) is 0 Å². The zero-order valence-corrected chi connectivity index (χ0v) is 20.0. The molecule has 5 nitrogen and oxygen atoms in total. The number of benzene rings is 2. The zero-order chi connectivity index (χ0) is 23.3. The Balaban J connectivity index is 1.36. The Morgan fingerprint density at radius 2 is 1.94 bits per heavy atom. The number of halogens is 1. The molecule has 0 spiro atoms. The maximum atomic E-state index is 13.6. The van der Waals surface area contributed by atoms with Crippen molar-refractivity contribution in [2.24, 2.45) is 5.92 Å². The van der Waals surface area contributed by atoms with Gasteiger partial charge in [-0.25, -0.2) is 9.37 Å². The highest BCUT2D eigenvalue weighted by Crippen LogP contribution is 2.35. The van der Waals surface area contributed by atoms with E-state index in [1.165, 1.54) is 5.56 Å². The standard InChI is InChI=1S/C27H34FN3O2/c1-17-5-8-23-22(11-17)29-26(27(2,3)32)31(23)24-9-10-30(16-25(24)33-4)15-18-12-19-6-7-21(28)14-20(19)13-18/h5-8,11,14,18,24-25,32H,9-10,12-13,15-16H2,1-4H3/t18?,24-,25-/m1/s1. The minimum atomic E-state index is -1.05. The number of nitrogens with zero attached hydrogens (tertiary/aromatic N) is 3. The van der Waals surface area contributed by atoms with Crippen LogP contribution < -0.4 is 0 Å². The van der Waals surface area contributed by atoms with Gasteiger partial charge in [-0.2, -0.15) is 0 Å². The van der Waals surface area contributed by atoms with E-state index in [1.54, 1.807) is 33.1 Å². The third kappa shape index (κ3) is 4.32. The number of imidazole rings is 1. The topological polar surface area (TPSA) is 50.5 Å². The Labute approximate surface area is 195 Å². The van der Waals surface area contributed by atoms with Gasteiger partial charge in [-0.3, -0.25) is 0 Å². The van der Waals surface area contributed by atoms with Gasteiger partial charge in [-0.05, 0) is 86.9 Å². The fourth-order valence-electron chi connectivity index (χ4n) is 5.81. The van der Waals surface area contributed by atoms with Gasteiger partial charge >= 0.3 is 0 Å². The van der Waals surface area contributed by atoms with E-state index < -0.39 is 5.60 Å². The summed E-state index contributed by atoms with van der Waals surface area (Å²) >= 11 is 0. The Morgan fingerprint density at radius 1 is 1.15 bits per heavy atom. The highest BCUT2D eigenvalue weighted by Gasteiger charge is 2.37. The number of rotatable bonds is 5. The minimum absolute atomic E-state index is 0.000208. The number of aliphatic hydroxyl groups is 1. The normalized spacial score (nSPS) is 23.9. The quantitative estimate of drug-likeness (QED) is 0.625. The van der Waals surface area contributed by atoms with E-state index in [2.05, 4.69) is 34.6 Å². The molecule has 3 atom stereocenters. The molecule has 6 heteroatoms. The number of aryl methyl sites for hydroxylation is 1. The lowest BCUT2D eigenvalue weighted by atomic mass is 9.97. The first kappa shape index (κ1) is 22.5. The molecule has 1 aliphatic carbocycles. The van der Waals surface area contributed by atoms with E-state index >= 15 is 0 Å². The predicted molar refractivity (Wildman–Crippen MR) is 128 cm³/mol. The molecule has 3 aromatic rings. The largest absolute Gasteiger partial charge is 0.383 e. The third-order valence-corrected chi connectivity index (χ3v) is 7.34. The van der Waals surface area contributed by atoms with Crippen LogP contribution in [0.5, 0.6) is 0 Å². The Morgan fingerprint density at radius 3 is 2.70 bits per heavy atom. The molecule has 1 unspecified atom stereocenters. The molecule has 0 radical (unpaired) electrons. The van der Waals surface area contributed by atoms with Crippen molar-refractivity contribution in [3.05, 3.63) is 64.7 Å². The molecular formula is C27H34FN3O2. The first-order valence-corrected chi connectivity index (χ1v) is 12.0. The molecule has 2 aromatic carbocycles. The van der Waals surface area contributed by atoms with Crippen LogP contribution in [0.4, 0.5) is 4.39 Å². The SMILES string of the molecule is CO[C@@H]1CN(CC2Cc3ccc(F)cc3C2)CC[C@H]1n1c(C(C)(C)O)nc2cc(C)ccc21. The van der Waals surface area contributed by atoms with Crippen LogP contribution in [0.1, 0.15) is 48.8 Å². The average molecular weight is 452 g/mol. The van der Waals surface area contributed by atoms with Crippen molar-refractivity contribution in [1.82, 2.24) is 14.5 Å². The monoisotopic (exact) mass is 451 g/mol. The molecule has 2 heterocycles. The van der Waals surface area contributed by atoms with Crippen LogP contribution in [0.25, 0.3) is 11.0 Å². The molecular weight excluding hydrogens is 417 g/mol. The molecule has 2 aliphatic rings. The fourth-order valence-corrected chi connectivity index (χ4v) is 5.81. The molecule has 1 saturated heterocycles. The lowest BCUT2D eigenvalue weighted by Gasteiger charge is -2.40. The summed E-state index contributed by atoms with van der Waals surface area (Å²) in [4.78, 5) is 7.32. The minimum Gasteiger partial charge on any atom is -0.383 e. The van der Waals surface area contributed by atoms with Gasteiger partial charge in [-0.1, -0.05) is 12.1 Å². The van der Waals surface area contributed by atoms with Gasteiger partial charge < -0.3 is 19.3 Å². The van der Waals surface area contributed by atoms with Crippen LogP contribution in [0, 0.1) is 18.7 Å². The molecule has 1 fully saturated rings. The predicted octanol–water partition coefficient (Wildman–Crippen LogP) is 4.39. The van der Waals surface area contributed by atoms with Crippen molar-refractivity contribution >= 4 is 11.0 Å². The van der Waals surface area contributed by atoms with E-state index in [-0.39, 0.29) is 18.0 Å². The molecule has 0 amide bonds. The number of hydrogen-bond donors (Lipinski definition) is 1. The highest BCUT2D eigenvalue weighted by molar-refractivity contribution is 5.77. The second kappa shape index (κ2) is 8.49. The van der Waals surface area contributed by atoms with E-state index in [0.29, 0.717) is 11.7 Å². The van der Waals surface area contributed by atoms with Gasteiger partial charge in [0, 0.05) is 26.7 Å². The number of methoxy groups -OCH3 is 1. The van der Waals surface area contributed by atoms with E-state index in [1.807, 2.05) is 6.07 Å². The Bertz CT molecular complexity index is 1170. The Hall–Kier alpha value is -2.28. The van der Waals surface area contributed by atoms with Crippen molar-refractivity contribution in [1.29, 1.82) is 0 Å². The maximum Gasteiger partial charge on any atom is 0.141 e. The number of fused-ring (bicyclic) bond motifs is 2. The van der Waals surface area contributed by atoms with Crippen molar-refractivity contribution in [2.75, 3.05) is 26.7 Å². The fraction of sp³-hybridized carbons (Fsp3) is 0.519. The van der Waals surface area contributed by atoms with Crippen LogP contribution in [-0.2, 0) is 23.2 Å². The maximum absolute atomic E-state index is 13.6. The van der Waals surface area contributed by atoms with Gasteiger partial charge in [0.05, 0.1) is 23.2 Å². The Kier molecular flexibility index (Phi) is 5.79. The van der Waals surface area contributed by atoms with E-state index in [0.717, 1.165) is 61.1 Å². The number of aromatic nitrogens is 2. The number of likely N-dealkylation sites (tertiary alicyclic amines) is 1. The first-order chi connectivity index (χ1) is 15.7. The van der Waals surface area contributed by atoms with Gasteiger partial charge in [0.1, 0.15) is 17.2 Å². The summed E-state index contributed by atoms with van der Waals surface area (Å²) in [5.41, 5.74) is 4.52. The molecule has 0 saturated carbocycles. The molecule has 1 aliphatic heterocycles. The number of piperidine rings is 1. The van der Waals surface area contributed by atoms with Gasteiger partial charge in [0.25, 0.3) is 0 Å². The summed E-state index contributed by atoms with van der Waals surface area (Å²) in [7, 11) is 1.78. The van der Waals surface area contributed by atoms with Crippen LogP contribution in [0.15, 0.2) is 36.4 Å². The summed E-state index contributed by atoms with van der Waals surface area (Å²) in [6.07, 6.45) is 2.88. The molecule has 0 bridgehead atoms. The summed E-state index contributed by atoms with van der Waals surface area (Å²) in [5.74, 6) is 1.07. The van der Waals surface area contributed by atoms with Crippen LogP contribution >= 0.6 is 0 Å². The second-order valence-electron chi connectivity index (χ2n) is 10.4. The summed E-state index contributed by atoms with van der Waals surface area (Å²) < 4.78 is 21.9. The van der Waals surface area contributed by atoms with Gasteiger partial charge in [-0.15, -0.1) is 0 Å². The lowest BCUT2D eigenvalue weighted by molar-refractivity contribution is -0.0152. The van der Waals surface area contributed by atoms with Crippen molar-refractivity contribution < 1.29 is 14.2 Å². The van der Waals surface area contributed by atoms with Crippen LogP contribution in [0.3, 0.4) is 0 Å². The van der Waals surface area contributed by atoms with Crippen molar-refractivity contribution in [2.45, 2.75) is 57.8 Å². The van der Waals surface area contributed by atoms with E-state index in [4.69, 9.17) is 9.72 Å². The van der Waals surface area contributed by atoms with Crippen molar-refractivity contribution in [3.63, 3.8) is 0 Å².